The number of nitrogens with one attached hydrogen (secondary N) is 1. The monoisotopic (exact) mass is 392 g/mol. The molecule has 1 amide bonds. The van der Waals surface area contributed by atoms with E-state index in [9.17, 15) is 14.0 Å². The number of carbonyl (C=O) groups is 2. The molecule has 0 saturated carbocycles. The number of hydrogen-bond donors (Lipinski definition) is 1. The minimum absolute atomic E-state index is 0.345. The number of fused-ring (bicyclic) bond motifs is 1. The molecule has 6 heteroatoms. The van der Waals surface area contributed by atoms with Crippen molar-refractivity contribution in [3.63, 3.8) is 0 Å². The Labute approximate surface area is 168 Å². The molecule has 1 N–H and O–H groups in total. The maximum absolute atomic E-state index is 13.0. The first-order chi connectivity index (χ1) is 13.9. The van der Waals surface area contributed by atoms with Gasteiger partial charge in [0.2, 0.25) is 0 Å². The van der Waals surface area contributed by atoms with Gasteiger partial charge in [-0.25, -0.2) is 14.2 Å². The highest BCUT2D eigenvalue weighted by molar-refractivity contribution is 5.90. The molecular formula is C23H21FN2O3. The molecule has 0 bridgehead atoms. The Balaban J connectivity index is 1.55. The summed E-state index contributed by atoms with van der Waals surface area (Å²) >= 11 is 0. The van der Waals surface area contributed by atoms with E-state index in [4.69, 9.17) is 4.74 Å². The Morgan fingerprint density at radius 2 is 1.76 bits per heavy atom. The second kappa shape index (κ2) is 9.10. The van der Waals surface area contributed by atoms with Crippen LogP contribution >= 0.6 is 0 Å². The number of ether oxygens (including phenoxy) is 1. The number of benzene rings is 2. The van der Waals surface area contributed by atoms with Gasteiger partial charge in [-0.1, -0.05) is 36.4 Å². The van der Waals surface area contributed by atoms with Crippen LogP contribution in [0.1, 0.15) is 31.1 Å². The molecule has 2 aromatic carbocycles. The van der Waals surface area contributed by atoms with Crippen LogP contribution in [0.25, 0.3) is 17.0 Å². The van der Waals surface area contributed by atoms with E-state index in [0.29, 0.717) is 5.69 Å². The van der Waals surface area contributed by atoms with Gasteiger partial charge in [0.25, 0.3) is 5.91 Å². The molecule has 0 fully saturated rings. The number of halogens is 1. The Kier molecular flexibility index (Phi) is 6.34. The molecule has 0 aliphatic carbocycles. The lowest BCUT2D eigenvalue weighted by molar-refractivity contribution is -0.150. The van der Waals surface area contributed by atoms with Crippen LogP contribution in [0.2, 0.25) is 0 Å². The van der Waals surface area contributed by atoms with Crippen molar-refractivity contribution >= 4 is 28.9 Å². The fourth-order valence-corrected chi connectivity index (χ4v) is 2.76. The van der Waals surface area contributed by atoms with Crippen LogP contribution in [0.3, 0.4) is 0 Å². The Morgan fingerprint density at radius 3 is 2.52 bits per heavy atom. The molecule has 5 nitrogen and oxygen atoms in total. The standard InChI is InChI=1S/C23H21FN2O3/c1-15(17-7-10-19(24)11-8-17)25-23(28)16(2)29-22(27)14-13-20-12-9-18-5-3-4-6-21(18)26-20/h3-16H,1-2H3,(H,25,28)/b14-13+/t15-,16-/m0/s1. The third-order valence-corrected chi connectivity index (χ3v) is 4.40. The molecule has 29 heavy (non-hydrogen) atoms. The Hall–Kier alpha value is -3.54. The highest BCUT2D eigenvalue weighted by Crippen LogP contribution is 2.14. The lowest BCUT2D eigenvalue weighted by Crippen LogP contribution is -2.37. The molecule has 1 heterocycles. The minimum atomic E-state index is -0.973. The fraction of sp³-hybridized carbons (Fsp3) is 0.174. The van der Waals surface area contributed by atoms with Crippen LogP contribution in [-0.4, -0.2) is 23.0 Å². The number of aromatic nitrogens is 1. The third kappa shape index (κ3) is 5.48. The van der Waals surface area contributed by atoms with Crippen LogP contribution in [0, 0.1) is 5.82 Å². The van der Waals surface area contributed by atoms with Gasteiger partial charge in [-0.2, -0.15) is 0 Å². The van der Waals surface area contributed by atoms with E-state index >= 15 is 0 Å². The van der Waals surface area contributed by atoms with E-state index in [-0.39, 0.29) is 11.9 Å². The van der Waals surface area contributed by atoms with E-state index in [2.05, 4.69) is 10.3 Å². The molecular weight excluding hydrogens is 371 g/mol. The first-order valence-electron chi connectivity index (χ1n) is 9.23. The van der Waals surface area contributed by atoms with Crippen LogP contribution in [0.15, 0.2) is 66.7 Å². The maximum atomic E-state index is 13.0. The molecule has 0 aliphatic heterocycles. The molecule has 1 aromatic heterocycles. The second-order valence-corrected chi connectivity index (χ2v) is 6.62. The molecule has 3 aromatic rings. The topological polar surface area (TPSA) is 68.3 Å². The lowest BCUT2D eigenvalue weighted by atomic mass is 10.1. The van der Waals surface area contributed by atoms with Crippen molar-refractivity contribution < 1.29 is 18.7 Å². The van der Waals surface area contributed by atoms with E-state index in [1.807, 2.05) is 30.3 Å². The summed E-state index contributed by atoms with van der Waals surface area (Å²) in [6, 6.07) is 16.9. The maximum Gasteiger partial charge on any atom is 0.331 e. The summed E-state index contributed by atoms with van der Waals surface area (Å²) in [5.74, 6) is -1.42. The number of pyridine rings is 1. The highest BCUT2D eigenvalue weighted by atomic mass is 19.1. The number of hydrogen-bond acceptors (Lipinski definition) is 4. The van der Waals surface area contributed by atoms with E-state index in [1.54, 1.807) is 31.2 Å². The molecule has 3 rings (SSSR count). The summed E-state index contributed by atoms with van der Waals surface area (Å²) in [6.07, 6.45) is 1.81. The van der Waals surface area contributed by atoms with Crippen molar-refractivity contribution in [1.29, 1.82) is 0 Å². The number of esters is 1. The number of rotatable bonds is 6. The number of nitrogens with zero attached hydrogens (tertiary/aromatic N) is 1. The van der Waals surface area contributed by atoms with Gasteiger partial charge in [0.15, 0.2) is 6.10 Å². The molecule has 0 radical (unpaired) electrons. The van der Waals surface area contributed by atoms with E-state index in [0.717, 1.165) is 16.5 Å². The normalized spacial score (nSPS) is 13.2. The Morgan fingerprint density at radius 1 is 1.03 bits per heavy atom. The molecule has 2 atom stereocenters. The molecule has 148 valence electrons. The predicted molar refractivity (Wildman–Crippen MR) is 109 cm³/mol. The molecule has 0 saturated heterocycles. The van der Waals surface area contributed by atoms with E-state index in [1.165, 1.54) is 25.1 Å². The van der Waals surface area contributed by atoms with Crippen molar-refractivity contribution in [2.45, 2.75) is 26.0 Å². The zero-order valence-electron chi connectivity index (χ0n) is 16.1. The lowest BCUT2D eigenvalue weighted by Gasteiger charge is -2.17. The molecule has 0 spiro atoms. The largest absolute Gasteiger partial charge is 0.449 e. The van der Waals surface area contributed by atoms with Gasteiger partial charge in [-0.15, -0.1) is 0 Å². The summed E-state index contributed by atoms with van der Waals surface area (Å²) in [4.78, 5) is 28.7. The zero-order chi connectivity index (χ0) is 20.8. The van der Waals surface area contributed by atoms with Gasteiger partial charge in [-0.05, 0) is 49.8 Å². The van der Waals surface area contributed by atoms with Crippen LogP contribution in [-0.2, 0) is 14.3 Å². The molecule has 0 aliphatic rings. The smallest absolute Gasteiger partial charge is 0.331 e. The van der Waals surface area contributed by atoms with Crippen molar-refractivity contribution in [1.82, 2.24) is 10.3 Å². The SMILES string of the molecule is C[C@H](OC(=O)/C=C/c1ccc2ccccc2n1)C(=O)N[C@@H](C)c1ccc(F)cc1. The summed E-state index contributed by atoms with van der Waals surface area (Å²) in [5, 5.41) is 3.75. The number of para-hydroxylation sites is 1. The van der Waals surface area contributed by atoms with Crippen molar-refractivity contribution in [2.75, 3.05) is 0 Å². The van der Waals surface area contributed by atoms with Gasteiger partial charge >= 0.3 is 5.97 Å². The summed E-state index contributed by atoms with van der Waals surface area (Å²) in [5.41, 5.74) is 2.19. The van der Waals surface area contributed by atoms with Crippen molar-refractivity contribution in [2.24, 2.45) is 0 Å². The zero-order valence-corrected chi connectivity index (χ0v) is 16.1. The van der Waals surface area contributed by atoms with Gasteiger partial charge in [-0.3, -0.25) is 4.79 Å². The average molecular weight is 392 g/mol. The van der Waals surface area contributed by atoms with Crippen molar-refractivity contribution in [3.05, 3.63) is 83.8 Å². The van der Waals surface area contributed by atoms with Gasteiger partial charge in [0, 0.05) is 11.5 Å². The van der Waals surface area contributed by atoms with Gasteiger partial charge in [0.05, 0.1) is 17.3 Å². The van der Waals surface area contributed by atoms with Crippen LogP contribution in [0.4, 0.5) is 4.39 Å². The summed E-state index contributed by atoms with van der Waals surface area (Å²) in [7, 11) is 0. The number of amides is 1. The first kappa shape index (κ1) is 20.2. The molecule has 0 unspecified atom stereocenters. The van der Waals surface area contributed by atoms with Crippen LogP contribution < -0.4 is 5.32 Å². The fourth-order valence-electron chi connectivity index (χ4n) is 2.76. The van der Waals surface area contributed by atoms with Gasteiger partial charge in [0.1, 0.15) is 5.82 Å². The van der Waals surface area contributed by atoms with Crippen LogP contribution in [0.5, 0.6) is 0 Å². The van der Waals surface area contributed by atoms with E-state index < -0.39 is 18.0 Å². The highest BCUT2D eigenvalue weighted by Gasteiger charge is 2.19. The number of carbonyl (C=O) groups excluding carboxylic acids is 2. The first-order valence-corrected chi connectivity index (χ1v) is 9.23. The van der Waals surface area contributed by atoms with Gasteiger partial charge < -0.3 is 10.1 Å². The Bertz CT molecular complexity index is 1050. The third-order valence-electron chi connectivity index (χ3n) is 4.40. The minimum Gasteiger partial charge on any atom is -0.449 e. The quantitative estimate of drug-likeness (QED) is 0.504. The second-order valence-electron chi connectivity index (χ2n) is 6.62. The summed E-state index contributed by atoms with van der Waals surface area (Å²) < 4.78 is 18.2. The average Bonchev–Trinajstić information content (AvgIpc) is 2.72. The predicted octanol–water partition coefficient (Wildman–Crippen LogP) is 4.20. The van der Waals surface area contributed by atoms with Crippen molar-refractivity contribution in [3.8, 4) is 0 Å². The summed E-state index contributed by atoms with van der Waals surface area (Å²) in [6.45, 7) is 3.26.